The molecule has 2 aliphatic rings. The molecule has 3 nitrogen and oxygen atoms in total. The first kappa shape index (κ1) is 13.6. The molecule has 2 saturated carbocycles. The molecule has 2 fully saturated rings. The van der Waals surface area contributed by atoms with E-state index in [1.165, 1.54) is 0 Å². The minimum absolute atomic E-state index is 0.230. The van der Waals surface area contributed by atoms with Crippen LogP contribution in [0.3, 0.4) is 0 Å². The normalized spacial score (nSPS) is 30.8. The largest absolute Gasteiger partial charge is 0.406 e. The molecule has 0 aromatic rings. The van der Waals surface area contributed by atoms with E-state index in [9.17, 15) is 18.0 Å². The fourth-order valence-corrected chi connectivity index (χ4v) is 3.39. The number of rotatable bonds is 4. The van der Waals surface area contributed by atoms with Crippen LogP contribution in [0.15, 0.2) is 0 Å². The van der Waals surface area contributed by atoms with E-state index in [1.807, 2.05) is 0 Å². The Hall–Kier alpha value is -0.780. The van der Waals surface area contributed by atoms with E-state index in [2.05, 4.69) is 0 Å². The number of aliphatic hydroxyl groups excluding tert-OH is 1. The summed E-state index contributed by atoms with van der Waals surface area (Å²) in [6.45, 7) is -1.91. The molecule has 0 saturated heterocycles. The SMILES string of the molecule is O=C(C1CC2CCC1C2)N(CCO)CC(F)(F)F. The summed E-state index contributed by atoms with van der Waals surface area (Å²) in [5, 5.41) is 8.80. The van der Waals surface area contributed by atoms with Gasteiger partial charge in [-0.3, -0.25) is 4.79 Å². The van der Waals surface area contributed by atoms with Crippen LogP contribution in [-0.2, 0) is 4.79 Å². The first-order valence-electron chi connectivity index (χ1n) is 6.37. The van der Waals surface area contributed by atoms with Gasteiger partial charge < -0.3 is 10.0 Å². The number of alkyl halides is 3. The number of carbonyl (C=O) groups excluding carboxylic acids is 1. The Bertz CT molecular complexity index is 319. The van der Waals surface area contributed by atoms with Gasteiger partial charge in [0.1, 0.15) is 6.54 Å². The van der Waals surface area contributed by atoms with Gasteiger partial charge in [-0.2, -0.15) is 13.2 Å². The number of fused-ring (bicyclic) bond motifs is 2. The second-order valence-corrected chi connectivity index (χ2v) is 5.38. The highest BCUT2D eigenvalue weighted by Gasteiger charge is 2.45. The fraction of sp³-hybridized carbons (Fsp3) is 0.917. The minimum atomic E-state index is -4.40. The van der Waals surface area contributed by atoms with Crippen molar-refractivity contribution in [2.75, 3.05) is 19.7 Å². The van der Waals surface area contributed by atoms with Gasteiger partial charge in [-0.15, -0.1) is 0 Å². The lowest BCUT2D eigenvalue weighted by atomic mass is 9.87. The Morgan fingerprint density at radius 2 is 2.00 bits per heavy atom. The van der Waals surface area contributed by atoms with Crippen LogP contribution in [-0.4, -0.2) is 41.8 Å². The van der Waals surface area contributed by atoms with E-state index in [4.69, 9.17) is 5.11 Å². The maximum atomic E-state index is 12.4. The molecule has 18 heavy (non-hydrogen) atoms. The molecule has 2 bridgehead atoms. The van der Waals surface area contributed by atoms with Gasteiger partial charge in [-0.05, 0) is 31.1 Å². The van der Waals surface area contributed by atoms with Crippen LogP contribution >= 0.6 is 0 Å². The molecule has 6 heteroatoms. The molecule has 0 aliphatic heterocycles. The summed E-state index contributed by atoms with van der Waals surface area (Å²) in [5.41, 5.74) is 0. The molecule has 2 rings (SSSR count). The Labute approximate surface area is 104 Å². The third-order valence-electron chi connectivity index (χ3n) is 4.11. The summed E-state index contributed by atoms with van der Waals surface area (Å²) in [7, 11) is 0. The molecular formula is C12H18F3NO2. The number of hydrogen-bond acceptors (Lipinski definition) is 2. The molecule has 1 amide bonds. The highest BCUT2D eigenvalue weighted by molar-refractivity contribution is 5.79. The summed E-state index contributed by atoms with van der Waals surface area (Å²) in [6.07, 6.45) is -0.630. The van der Waals surface area contributed by atoms with Crippen molar-refractivity contribution in [2.45, 2.75) is 31.9 Å². The first-order valence-corrected chi connectivity index (χ1v) is 6.37. The van der Waals surface area contributed by atoms with Crippen molar-refractivity contribution in [3.63, 3.8) is 0 Å². The number of nitrogens with zero attached hydrogens (tertiary/aromatic N) is 1. The molecule has 0 spiro atoms. The molecule has 0 radical (unpaired) electrons. The second-order valence-electron chi connectivity index (χ2n) is 5.38. The van der Waals surface area contributed by atoms with E-state index in [0.717, 1.165) is 30.6 Å². The van der Waals surface area contributed by atoms with Gasteiger partial charge in [0.25, 0.3) is 0 Å². The molecule has 104 valence electrons. The predicted octanol–water partition coefficient (Wildman–Crippen LogP) is 1.81. The predicted molar refractivity (Wildman–Crippen MR) is 58.7 cm³/mol. The van der Waals surface area contributed by atoms with Gasteiger partial charge in [0.2, 0.25) is 5.91 Å². The monoisotopic (exact) mass is 265 g/mol. The van der Waals surface area contributed by atoms with Crippen LogP contribution in [0.25, 0.3) is 0 Å². The number of aliphatic hydroxyl groups is 1. The molecule has 0 aromatic heterocycles. The highest BCUT2D eigenvalue weighted by Crippen LogP contribution is 2.48. The summed E-state index contributed by atoms with van der Waals surface area (Å²) < 4.78 is 37.2. The van der Waals surface area contributed by atoms with Gasteiger partial charge >= 0.3 is 6.18 Å². The lowest BCUT2D eigenvalue weighted by Crippen LogP contribution is -2.44. The smallest absolute Gasteiger partial charge is 0.395 e. The molecule has 2 aliphatic carbocycles. The van der Waals surface area contributed by atoms with Gasteiger partial charge in [0.05, 0.1) is 6.61 Å². The average Bonchev–Trinajstić information content (AvgIpc) is 2.87. The van der Waals surface area contributed by atoms with Crippen molar-refractivity contribution in [1.29, 1.82) is 0 Å². The van der Waals surface area contributed by atoms with E-state index < -0.39 is 25.2 Å². The average molecular weight is 265 g/mol. The molecule has 1 N–H and O–H groups in total. The first-order chi connectivity index (χ1) is 8.40. The van der Waals surface area contributed by atoms with E-state index in [-0.39, 0.29) is 18.4 Å². The lowest BCUT2D eigenvalue weighted by Gasteiger charge is -2.29. The zero-order valence-electron chi connectivity index (χ0n) is 10.1. The standard InChI is InChI=1S/C12H18F3NO2/c13-12(14,15)7-16(3-4-17)11(18)10-6-8-1-2-9(10)5-8/h8-10,17H,1-7H2. The van der Waals surface area contributed by atoms with Crippen molar-refractivity contribution >= 4 is 5.91 Å². The van der Waals surface area contributed by atoms with Gasteiger partial charge in [-0.1, -0.05) is 6.42 Å². The Balaban J connectivity index is 1.99. The topological polar surface area (TPSA) is 40.5 Å². The Kier molecular flexibility index (Phi) is 3.84. The summed E-state index contributed by atoms with van der Waals surface area (Å²) in [4.78, 5) is 12.9. The quantitative estimate of drug-likeness (QED) is 0.842. The minimum Gasteiger partial charge on any atom is -0.395 e. The van der Waals surface area contributed by atoms with Crippen molar-refractivity contribution in [1.82, 2.24) is 4.90 Å². The summed E-state index contributed by atoms with van der Waals surface area (Å²) in [5.74, 6) is 0.106. The van der Waals surface area contributed by atoms with Crippen LogP contribution < -0.4 is 0 Å². The van der Waals surface area contributed by atoms with Crippen molar-refractivity contribution in [3.05, 3.63) is 0 Å². The van der Waals surface area contributed by atoms with E-state index >= 15 is 0 Å². The summed E-state index contributed by atoms with van der Waals surface area (Å²) in [6, 6.07) is 0. The summed E-state index contributed by atoms with van der Waals surface area (Å²) >= 11 is 0. The molecule has 0 aromatic carbocycles. The van der Waals surface area contributed by atoms with Crippen LogP contribution in [0.4, 0.5) is 13.2 Å². The van der Waals surface area contributed by atoms with E-state index in [1.54, 1.807) is 0 Å². The highest BCUT2D eigenvalue weighted by atomic mass is 19.4. The van der Waals surface area contributed by atoms with Gasteiger partial charge in [-0.25, -0.2) is 0 Å². The number of amides is 1. The van der Waals surface area contributed by atoms with Crippen molar-refractivity contribution < 1.29 is 23.1 Å². The van der Waals surface area contributed by atoms with Crippen LogP contribution in [0.5, 0.6) is 0 Å². The van der Waals surface area contributed by atoms with Crippen molar-refractivity contribution in [2.24, 2.45) is 17.8 Å². The Morgan fingerprint density at radius 1 is 1.28 bits per heavy atom. The lowest BCUT2D eigenvalue weighted by molar-refractivity contribution is -0.165. The number of carbonyl (C=O) groups is 1. The molecular weight excluding hydrogens is 247 g/mol. The Morgan fingerprint density at radius 3 is 2.44 bits per heavy atom. The number of hydrogen-bond donors (Lipinski definition) is 1. The molecule has 3 atom stereocenters. The second kappa shape index (κ2) is 5.07. The fourth-order valence-electron chi connectivity index (χ4n) is 3.39. The van der Waals surface area contributed by atoms with Gasteiger partial charge in [0.15, 0.2) is 0 Å². The van der Waals surface area contributed by atoms with E-state index in [0.29, 0.717) is 5.92 Å². The zero-order valence-corrected chi connectivity index (χ0v) is 10.1. The third kappa shape index (κ3) is 2.96. The van der Waals surface area contributed by atoms with Crippen LogP contribution in [0.2, 0.25) is 0 Å². The third-order valence-corrected chi connectivity index (χ3v) is 4.11. The van der Waals surface area contributed by atoms with Gasteiger partial charge in [0, 0.05) is 12.5 Å². The zero-order chi connectivity index (χ0) is 13.3. The maximum Gasteiger partial charge on any atom is 0.406 e. The maximum absolute atomic E-state index is 12.4. The molecule has 3 unspecified atom stereocenters. The molecule has 0 heterocycles. The van der Waals surface area contributed by atoms with Crippen LogP contribution in [0, 0.1) is 17.8 Å². The number of halogens is 3. The van der Waals surface area contributed by atoms with Crippen LogP contribution in [0.1, 0.15) is 25.7 Å². The van der Waals surface area contributed by atoms with Crippen molar-refractivity contribution in [3.8, 4) is 0 Å².